The van der Waals surface area contributed by atoms with Gasteiger partial charge in [0.05, 0.1) is 18.5 Å². The largest absolute Gasteiger partial charge is 0.481 e. The first-order chi connectivity index (χ1) is 9.58. The second-order valence-electron chi connectivity index (χ2n) is 4.89. The highest BCUT2D eigenvalue weighted by Crippen LogP contribution is 2.11. The van der Waals surface area contributed by atoms with Crippen molar-refractivity contribution in [2.45, 2.75) is 52.1 Å². The van der Waals surface area contributed by atoms with Crippen LogP contribution in [0.2, 0.25) is 0 Å². The zero-order chi connectivity index (χ0) is 14.8. The van der Waals surface area contributed by atoms with Crippen LogP contribution in [-0.4, -0.2) is 33.7 Å². The van der Waals surface area contributed by atoms with Gasteiger partial charge in [-0.2, -0.15) is 4.98 Å². The number of hydrogen-bond acceptors (Lipinski definition) is 5. The summed E-state index contributed by atoms with van der Waals surface area (Å²) in [6, 6.07) is 0. The van der Waals surface area contributed by atoms with Gasteiger partial charge in [-0.15, -0.1) is 0 Å². The van der Waals surface area contributed by atoms with E-state index >= 15 is 0 Å². The molecule has 0 amide bonds. The Labute approximate surface area is 119 Å². The number of carboxylic acids is 1. The van der Waals surface area contributed by atoms with Gasteiger partial charge in [0.1, 0.15) is 5.82 Å². The Morgan fingerprint density at radius 3 is 2.75 bits per heavy atom. The number of nitrogens with zero attached hydrogens (tertiary/aromatic N) is 2. The van der Waals surface area contributed by atoms with Crippen molar-refractivity contribution in [1.29, 1.82) is 0 Å². The molecule has 1 heterocycles. The van der Waals surface area contributed by atoms with E-state index in [2.05, 4.69) is 15.3 Å². The number of hydrogen-bond donors (Lipinski definition) is 2. The van der Waals surface area contributed by atoms with E-state index in [0.717, 1.165) is 32.2 Å². The van der Waals surface area contributed by atoms with Crippen LogP contribution in [0.25, 0.3) is 0 Å². The third-order valence-corrected chi connectivity index (χ3v) is 2.59. The Morgan fingerprint density at radius 1 is 1.30 bits per heavy atom. The van der Waals surface area contributed by atoms with Crippen molar-refractivity contribution in [3.63, 3.8) is 0 Å². The van der Waals surface area contributed by atoms with E-state index in [1.807, 2.05) is 13.8 Å². The van der Waals surface area contributed by atoms with Crippen molar-refractivity contribution in [1.82, 2.24) is 9.97 Å². The summed E-state index contributed by atoms with van der Waals surface area (Å²) in [4.78, 5) is 18.7. The average Bonchev–Trinajstić information content (AvgIpc) is 2.37. The maximum absolute atomic E-state index is 10.3. The molecule has 0 atom stereocenters. The molecule has 0 saturated heterocycles. The van der Waals surface area contributed by atoms with Gasteiger partial charge in [0.25, 0.3) is 0 Å². The van der Waals surface area contributed by atoms with Gasteiger partial charge in [0.15, 0.2) is 0 Å². The molecule has 0 bridgehead atoms. The van der Waals surface area contributed by atoms with E-state index in [-0.39, 0.29) is 12.5 Å². The van der Waals surface area contributed by atoms with Gasteiger partial charge in [-0.25, -0.2) is 0 Å². The zero-order valence-electron chi connectivity index (χ0n) is 12.1. The molecule has 0 saturated carbocycles. The molecule has 0 aromatic carbocycles. The van der Waals surface area contributed by atoms with Crippen molar-refractivity contribution in [2.75, 3.05) is 11.9 Å². The molecule has 112 valence electrons. The average molecular weight is 281 g/mol. The van der Waals surface area contributed by atoms with Crippen molar-refractivity contribution < 1.29 is 14.6 Å². The van der Waals surface area contributed by atoms with Crippen LogP contribution < -0.4 is 10.1 Å². The number of nitrogens with one attached hydrogen (secondary N) is 1. The molecule has 0 radical (unpaired) electrons. The summed E-state index contributed by atoms with van der Waals surface area (Å²) in [5, 5.41) is 11.7. The van der Waals surface area contributed by atoms with Crippen molar-refractivity contribution in [3.8, 4) is 5.88 Å². The maximum atomic E-state index is 10.3. The minimum absolute atomic E-state index is 0.0776. The molecule has 20 heavy (non-hydrogen) atoms. The molecule has 0 unspecified atom stereocenters. The van der Waals surface area contributed by atoms with Gasteiger partial charge in [-0.1, -0.05) is 12.8 Å². The molecule has 0 aliphatic rings. The fraction of sp³-hybridized carbons (Fsp3) is 0.643. The molecule has 0 aliphatic carbocycles. The molecule has 1 aromatic heterocycles. The fourth-order valence-electron chi connectivity index (χ4n) is 1.70. The molecule has 2 N–H and O–H groups in total. The van der Waals surface area contributed by atoms with E-state index < -0.39 is 5.97 Å². The monoisotopic (exact) mass is 281 g/mol. The van der Waals surface area contributed by atoms with Crippen LogP contribution >= 0.6 is 0 Å². The maximum Gasteiger partial charge on any atom is 0.303 e. The van der Waals surface area contributed by atoms with Gasteiger partial charge < -0.3 is 15.2 Å². The van der Waals surface area contributed by atoms with E-state index in [9.17, 15) is 4.79 Å². The number of unbranched alkanes of at least 4 members (excludes halogenated alkanes) is 3. The molecule has 6 nitrogen and oxygen atoms in total. The molecule has 1 aromatic rings. The van der Waals surface area contributed by atoms with Crippen LogP contribution in [0.5, 0.6) is 5.88 Å². The van der Waals surface area contributed by atoms with Crippen molar-refractivity contribution in [2.24, 2.45) is 0 Å². The highest BCUT2D eigenvalue weighted by atomic mass is 16.5. The summed E-state index contributed by atoms with van der Waals surface area (Å²) in [5.74, 6) is 0.500. The smallest absolute Gasteiger partial charge is 0.303 e. The summed E-state index contributed by atoms with van der Waals surface area (Å²) in [6.45, 7) is 4.69. The quantitative estimate of drug-likeness (QED) is 0.641. The number of carbonyl (C=O) groups is 1. The van der Waals surface area contributed by atoms with E-state index in [0.29, 0.717) is 11.7 Å². The van der Waals surface area contributed by atoms with Crippen LogP contribution in [-0.2, 0) is 4.79 Å². The van der Waals surface area contributed by atoms with Gasteiger partial charge in [-0.3, -0.25) is 9.78 Å². The molecule has 6 heteroatoms. The Kier molecular flexibility index (Phi) is 7.39. The highest BCUT2D eigenvalue weighted by molar-refractivity contribution is 5.66. The molecule has 1 rings (SSSR count). The van der Waals surface area contributed by atoms with Gasteiger partial charge in [-0.05, 0) is 26.7 Å². The van der Waals surface area contributed by atoms with Gasteiger partial charge in [0.2, 0.25) is 5.88 Å². The molecule has 0 fully saturated rings. The highest BCUT2D eigenvalue weighted by Gasteiger charge is 2.01. The van der Waals surface area contributed by atoms with Gasteiger partial charge in [0, 0.05) is 13.0 Å². The standard InChI is InChI=1S/C14H23N3O3/c1-11(2)20-13-10-15-9-12(17-13)16-8-6-4-3-5-7-14(18)19/h9-11H,3-8H2,1-2H3,(H,16,17)(H,18,19). The first kappa shape index (κ1) is 16.2. The molecule has 0 aliphatic heterocycles. The lowest BCUT2D eigenvalue weighted by molar-refractivity contribution is -0.137. The third-order valence-electron chi connectivity index (χ3n) is 2.59. The van der Waals surface area contributed by atoms with Crippen LogP contribution in [0.4, 0.5) is 5.82 Å². The minimum atomic E-state index is -0.722. The van der Waals surface area contributed by atoms with Crippen LogP contribution in [0.1, 0.15) is 46.0 Å². The summed E-state index contributed by atoms with van der Waals surface area (Å²) in [5.41, 5.74) is 0. The number of carboxylic acid groups (broad SMARTS) is 1. The summed E-state index contributed by atoms with van der Waals surface area (Å²) >= 11 is 0. The summed E-state index contributed by atoms with van der Waals surface area (Å²) in [7, 11) is 0. The Balaban J connectivity index is 2.17. The zero-order valence-corrected chi connectivity index (χ0v) is 12.1. The molecular formula is C14H23N3O3. The Hall–Kier alpha value is -1.85. The SMILES string of the molecule is CC(C)Oc1cncc(NCCCCCCC(=O)O)n1. The topological polar surface area (TPSA) is 84.3 Å². The first-order valence-electron chi connectivity index (χ1n) is 7.02. The lowest BCUT2D eigenvalue weighted by Crippen LogP contribution is -2.09. The molecular weight excluding hydrogens is 258 g/mol. The second-order valence-corrected chi connectivity index (χ2v) is 4.89. The first-order valence-corrected chi connectivity index (χ1v) is 7.02. The van der Waals surface area contributed by atoms with Crippen molar-refractivity contribution >= 4 is 11.8 Å². The Bertz CT molecular complexity index is 410. The number of rotatable bonds is 10. The van der Waals surface area contributed by atoms with Gasteiger partial charge >= 0.3 is 5.97 Å². The predicted octanol–water partition coefficient (Wildman–Crippen LogP) is 2.71. The van der Waals surface area contributed by atoms with E-state index in [4.69, 9.17) is 9.84 Å². The van der Waals surface area contributed by atoms with Crippen LogP contribution in [0.3, 0.4) is 0 Å². The number of aromatic nitrogens is 2. The number of aliphatic carboxylic acids is 1. The lowest BCUT2D eigenvalue weighted by Gasteiger charge is -2.10. The second kappa shape index (κ2) is 9.12. The van der Waals surface area contributed by atoms with E-state index in [1.54, 1.807) is 12.4 Å². The third kappa shape index (κ3) is 7.56. The normalized spacial score (nSPS) is 10.6. The minimum Gasteiger partial charge on any atom is -0.481 e. The summed E-state index contributed by atoms with van der Waals surface area (Å²) < 4.78 is 5.47. The predicted molar refractivity (Wildman–Crippen MR) is 77.0 cm³/mol. The van der Waals surface area contributed by atoms with Crippen LogP contribution in [0, 0.1) is 0 Å². The Morgan fingerprint density at radius 2 is 2.05 bits per heavy atom. The molecule has 0 spiro atoms. The number of ether oxygens (including phenoxy) is 1. The summed E-state index contributed by atoms with van der Waals surface area (Å²) in [6.07, 6.45) is 7.27. The fourth-order valence-corrected chi connectivity index (χ4v) is 1.70. The number of anilines is 1. The lowest BCUT2D eigenvalue weighted by atomic mass is 10.1. The van der Waals surface area contributed by atoms with Crippen molar-refractivity contribution in [3.05, 3.63) is 12.4 Å². The van der Waals surface area contributed by atoms with Crippen LogP contribution in [0.15, 0.2) is 12.4 Å². The van der Waals surface area contributed by atoms with E-state index in [1.165, 1.54) is 0 Å².